The Bertz CT molecular complexity index is 424. The Kier molecular flexibility index (Phi) is 3.65. The van der Waals surface area contributed by atoms with Gasteiger partial charge in [0.05, 0.1) is 5.56 Å². The number of halogens is 3. The Balaban J connectivity index is 2.39. The number of hydrogen-bond donors (Lipinski definition) is 1. The summed E-state index contributed by atoms with van der Waals surface area (Å²) >= 11 is 1.67. The van der Waals surface area contributed by atoms with Gasteiger partial charge in [-0.1, -0.05) is 18.2 Å². The minimum Gasteiger partial charge on any atom is -0.323 e. The second-order valence-corrected chi connectivity index (χ2v) is 6.46. The Morgan fingerprint density at radius 2 is 2.00 bits per heavy atom. The van der Waals surface area contributed by atoms with Gasteiger partial charge in [-0.2, -0.15) is 24.9 Å². The van der Waals surface area contributed by atoms with E-state index in [9.17, 15) is 13.2 Å². The highest BCUT2D eigenvalue weighted by Crippen LogP contribution is 2.47. The predicted octanol–water partition coefficient (Wildman–Crippen LogP) is 3.99. The lowest BCUT2D eigenvalue weighted by Gasteiger charge is -2.32. The Morgan fingerprint density at radius 1 is 1.33 bits per heavy atom. The third kappa shape index (κ3) is 2.52. The quantitative estimate of drug-likeness (QED) is 0.883. The van der Waals surface area contributed by atoms with Crippen LogP contribution in [0, 0.1) is 0 Å². The monoisotopic (exact) mass is 275 g/mol. The number of nitrogens with two attached hydrogens (primary N) is 1. The van der Waals surface area contributed by atoms with Gasteiger partial charge in [-0.3, -0.25) is 0 Å². The lowest BCUT2D eigenvalue weighted by Crippen LogP contribution is -2.34. The van der Waals surface area contributed by atoms with Crippen molar-refractivity contribution in [3.63, 3.8) is 0 Å². The van der Waals surface area contributed by atoms with Crippen molar-refractivity contribution < 1.29 is 13.2 Å². The van der Waals surface area contributed by atoms with Crippen molar-refractivity contribution in [2.45, 2.75) is 36.7 Å². The van der Waals surface area contributed by atoms with Crippen LogP contribution in [0.2, 0.25) is 0 Å². The highest BCUT2D eigenvalue weighted by atomic mass is 32.2. The normalized spacial score (nSPS) is 26.3. The van der Waals surface area contributed by atoms with Gasteiger partial charge in [0.1, 0.15) is 0 Å². The van der Waals surface area contributed by atoms with Gasteiger partial charge in [0.25, 0.3) is 0 Å². The van der Waals surface area contributed by atoms with Crippen molar-refractivity contribution in [1.82, 2.24) is 0 Å². The van der Waals surface area contributed by atoms with Crippen molar-refractivity contribution in [2.24, 2.45) is 5.73 Å². The third-order valence-corrected chi connectivity index (χ3v) is 5.12. The molecule has 0 saturated carbocycles. The first-order valence-corrected chi connectivity index (χ1v) is 6.89. The minimum absolute atomic E-state index is 0.210. The molecule has 1 saturated heterocycles. The lowest BCUT2D eigenvalue weighted by atomic mass is 9.88. The molecule has 2 atom stereocenters. The molecule has 2 rings (SSSR count). The molecule has 18 heavy (non-hydrogen) atoms. The molecule has 2 unspecified atom stereocenters. The molecule has 1 heterocycles. The smallest absolute Gasteiger partial charge is 0.323 e. The molecule has 1 aliphatic heterocycles. The number of rotatable bonds is 2. The summed E-state index contributed by atoms with van der Waals surface area (Å²) in [5.41, 5.74) is 5.72. The first-order valence-electron chi connectivity index (χ1n) is 5.90. The van der Waals surface area contributed by atoms with Gasteiger partial charge in [-0.25, -0.2) is 0 Å². The van der Waals surface area contributed by atoms with Crippen molar-refractivity contribution in [3.8, 4) is 0 Å². The average molecular weight is 275 g/mol. The zero-order valence-corrected chi connectivity index (χ0v) is 10.9. The van der Waals surface area contributed by atoms with E-state index in [0.29, 0.717) is 0 Å². The zero-order valence-electron chi connectivity index (χ0n) is 10.1. The largest absolute Gasteiger partial charge is 0.416 e. The highest BCUT2D eigenvalue weighted by Gasteiger charge is 2.41. The van der Waals surface area contributed by atoms with E-state index in [2.05, 4.69) is 0 Å². The molecule has 5 heteroatoms. The minimum atomic E-state index is -4.34. The van der Waals surface area contributed by atoms with Crippen LogP contribution < -0.4 is 5.73 Å². The molecule has 0 aliphatic carbocycles. The van der Waals surface area contributed by atoms with Gasteiger partial charge in [-0.15, -0.1) is 0 Å². The Morgan fingerprint density at radius 3 is 2.56 bits per heavy atom. The second kappa shape index (κ2) is 4.78. The number of benzene rings is 1. The molecule has 0 bridgehead atoms. The van der Waals surface area contributed by atoms with E-state index in [0.717, 1.165) is 24.7 Å². The van der Waals surface area contributed by atoms with Gasteiger partial charge >= 0.3 is 6.18 Å². The molecule has 0 amide bonds. The standard InChI is InChI=1S/C13H16F3NS/c1-12(7-4-8-18-12)11(17)9-5-2-3-6-10(9)13(14,15)16/h2-3,5-6,11H,4,7-8,17H2,1H3. The third-order valence-electron chi connectivity index (χ3n) is 3.51. The lowest BCUT2D eigenvalue weighted by molar-refractivity contribution is -0.138. The molecular weight excluding hydrogens is 259 g/mol. The summed E-state index contributed by atoms with van der Waals surface area (Å²) in [6.45, 7) is 1.96. The molecule has 1 aliphatic rings. The van der Waals surface area contributed by atoms with Gasteiger partial charge in [-0.05, 0) is 37.1 Å². The van der Waals surface area contributed by atoms with Gasteiger partial charge in [0.2, 0.25) is 0 Å². The second-order valence-electron chi connectivity index (χ2n) is 4.83. The van der Waals surface area contributed by atoms with E-state index in [1.54, 1.807) is 17.8 Å². The van der Waals surface area contributed by atoms with Crippen LogP contribution in [-0.2, 0) is 6.18 Å². The Labute approximate surface area is 109 Å². The summed E-state index contributed by atoms with van der Waals surface area (Å²) in [4.78, 5) is 0. The van der Waals surface area contributed by atoms with Crippen molar-refractivity contribution in [3.05, 3.63) is 35.4 Å². The van der Waals surface area contributed by atoms with Crippen LogP contribution in [0.5, 0.6) is 0 Å². The maximum Gasteiger partial charge on any atom is 0.416 e. The molecule has 0 radical (unpaired) electrons. The SMILES string of the molecule is CC1(C(N)c2ccccc2C(F)(F)F)CCCS1. The number of hydrogen-bond acceptors (Lipinski definition) is 2. The summed E-state index contributed by atoms with van der Waals surface area (Å²) in [6, 6.07) is 5.05. The first kappa shape index (κ1) is 13.7. The summed E-state index contributed by atoms with van der Waals surface area (Å²) in [7, 11) is 0. The van der Waals surface area contributed by atoms with Gasteiger partial charge in [0.15, 0.2) is 0 Å². The fourth-order valence-corrected chi connectivity index (χ4v) is 3.75. The highest BCUT2D eigenvalue weighted by molar-refractivity contribution is 8.00. The molecule has 2 N–H and O–H groups in total. The van der Waals surface area contributed by atoms with E-state index in [-0.39, 0.29) is 10.3 Å². The fraction of sp³-hybridized carbons (Fsp3) is 0.538. The molecule has 1 aromatic rings. The average Bonchev–Trinajstić information content (AvgIpc) is 2.75. The maximum atomic E-state index is 13.0. The maximum absolute atomic E-state index is 13.0. The molecule has 0 aromatic heterocycles. The summed E-state index contributed by atoms with van der Waals surface area (Å²) < 4.78 is 38.6. The molecule has 0 spiro atoms. The molecule has 100 valence electrons. The van der Waals surface area contributed by atoms with Gasteiger partial charge in [0, 0.05) is 10.8 Å². The summed E-state index contributed by atoms with van der Waals surface area (Å²) in [6.07, 6.45) is -2.46. The van der Waals surface area contributed by atoms with Crippen LogP contribution in [0.25, 0.3) is 0 Å². The number of alkyl halides is 3. The van der Waals surface area contributed by atoms with E-state index in [1.165, 1.54) is 12.1 Å². The van der Waals surface area contributed by atoms with Crippen molar-refractivity contribution in [2.75, 3.05) is 5.75 Å². The van der Waals surface area contributed by atoms with Crippen LogP contribution in [0.3, 0.4) is 0 Å². The molecular formula is C13H16F3NS. The fourth-order valence-electron chi connectivity index (χ4n) is 2.40. The molecule has 1 aromatic carbocycles. The van der Waals surface area contributed by atoms with Crippen molar-refractivity contribution >= 4 is 11.8 Å². The zero-order chi connectivity index (χ0) is 13.4. The van der Waals surface area contributed by atoms with E-state index < -0.39 is 17.8 Å². The van der Waals surface area contributed by atoms with Crippen molar-refractivity contribution in [1.29, 1.82) is 0 Å². The first-order chi connectivity index (χ1) is 8.34. The summed E-state index contributed by atoms with van der Waals surface area (Å²) in [5.74, 6) is 0.971. The topological polar surface area (TPSA) is 26.0 Å². The van der Waals surface area contributed by atoms with E-state index in [1.807, 2.05) is 6.92 Å². The Hall–Kier alpha value is -0.680. The van der Waals surface area contributed by atoms with Crippen LogP contribution >= 0.6 is 11.8 Å². The van der Waals surface area contributed by atoms with E-state index >= 15 is 0 Å². The molecule has 1 fully saturated rings. The van der Waals surface area contributed by atoms with Crippen LogP contribution in [0.1, 0.15) is 36.9 Å². The van der Waals surface area contributed by atoms with Crippen LogP contribution in [-0.4, -0.2) is 10.5 Å². The van der Waals surface area contributed by atoms with E-state index in [4.69, 9.17) is 5.73 Å². The van der Waals surface area contributed by atoms with Crippen LogP contribution in [0.15, 0.2) is 24.3 Å². The predicted molar refractivity (Wildman–Crippen MR) is 68.5 cm³/mol. The summed E-state index contributed by atoms with van der Waals surface area (Å²) in [5, 5.41) is 0. The van der Waals surface area contributed by atoms with Crippen LogP contribution in [0.4, 0.5) is 13.2 Å². The van der Waals surface area contributed by atoms with Gasteiger partial charge < -0.3 is 5.73 Å². The number of thioether (sulfide) groups is 1. The molecule has 1 nitrogen and oxygen atoms in total.